The van der Waals surface area contributed by atoms with Crippen molar-refractivity contribution in [3.05, 3.63) is 47.0 Å². The fraction of sp³-hybridized carbons (Fsp3) is 0.235. The van der Waals surface area contributed by atoms with Crippen LogP contribution in [-0.2, 0) is 7.05 Å². The highest BCUT2D eigenvalue weighted by Crippen LogP contribution is 2.40. The minimum Gasteiger partial charge on any atom is -0.368 e. The van der Waals surface area contributed by atoms with Crippen molar-refractivity contribution in [1.82, 2.24) is 29.5 Å². The number of nitrogens with two attached hydrogens (primary N) is 1. The van der Waals surface area contributed by atoms with Gasteiger partial charge in [0.25, 0.3) is 0 Å². The number of thiophene rings is 1. The largest absolute Gasteiger partial charge is 0.368 e. The molecule has 138 valence electrons. The number of halogens is 1. The highest BCUT2D eigenvalue weighted by atomic mass is 32.1. The van der Waals surface area contributed by atoms with Crippen LogP contribution < -0.4 is 11.1 Å². The minimum atomic E-state index is -0.459. The summed E-state index contributed by atoms with van der Waals surface area (Å²) in [6.07, 6.45) is 5.89. The molecule has 4 aromatic heterocycles. The summed E-state index contributed by atoms with van der Waals surface area (Å²) in [5.41, 5.74) is 7.67. The number of aromatic nitrogens is 6. The van der Waals surface area contributed by atoms with Gasteiger partial charge < -0.3 is 15.6 Å². The molecule has 0 aromatic carbocycles. The van der Waals surface area contributed by atoms with Crippen LogP contribution in [0.5, 0.6) is 0 Å². The zero-order valence-electron chi connectivity index (χ0n) is 14.9. The minimum absolute atomic E-state index is 0.117. The van der Waals surface area contributed by atoms with E-state index in [-0.39, 0.29) is 11.9 Å². The van der Waals surface area contributed by atoms with Crippen molar-refractivity contribution in [2.24, 2.45) is 7.05 Å². The average Bonchev–Trinajstić information content (AvgIpc) is 3.19. The predicted molar refractivity (Wildman–Crippen MR) is 103 cm³/mol. The third-order valence-corrected chi connectivity index (χ3v) is 5.66. The van der Waals surface area contributed by atoms with Crippen LogP contribution in [0.3, 0.4) is 0 Å². The van der Waals surface area contributed by atoms with Crippen molar-refractivity contribution in [3.63, 3.8) is 0 Å². The van der Waals surface area contributed by atoms with Crippen molar-refractivity contribution in [1.29, 1.82) is 0 Å². The molecule has 4 heterocycles. The molecule has 0 fully saturated rings. The Bertz CT molecular complexity index is 1120. The first-order chi connectivity index (χ1) is 12.9. The number of fused-ring (bicyclic) bond motifs is 1. The summed E-state index contributed by atoms with van der Waals surface area (Å²) in [7, 11) is 1.89. The van der Waals surface area contributed by atoms with Crippen molar-refractivity contribution < 1.29 is 4.39 Å². The molecule has 0 radical (unpaired) electrons. The standard InChI is InChI=1S/C17H17FN8S/c1-8-12-14(27-13(8)9(2)15-20-4-10(18)5-21-15)16(25-17(19)24-12)23-11-6-26(3)7-22-11/h4-7,9H,1-3H3,(H3,19,23,24,25). The molecule has 0 amide bonds. The molecule has 0 saturated heterocycles. The van der Waals surface area contributed by atoms with Crippen molar-refractivity contribution in [3.8, 4) is 0 Å². The summed E-state index contributed by atoms with van der Waals surface area (Å²) < 4.78 is 15.8. The molecule has 0 aliphatic carbocycles. The topological polar surface area (TPSA) is 107 Å². The van der Waals surface area contributed by atoms with Crippen LogP contribution in [0.2, 0.25) is 0 Å². The number of aryl methyl sites for hydroxylation is 2. The molecule has 0 aliphatic heterocycles. The zero-order chi connectivity index (χ0) is 19.1. The second kappa shape index (κ2) is 6.54. The molecule has 3 N–H and O–H groups in total. The van der Waals surface area contributed by atoms with E-state index >= 15 is 0 Å². The van der Waals surface area contributed by atoms with E-state index in [4.69, 9.17) is 5.73 Å². The highest BCUT2D eigenvalue weighted by Gasteiger charge is 2.22. The summed E-state index contributed by atoms with van der Waals surface area (Å²) in [6.45, 7) is 3.96. The lowest BCUT2D eigenvalue weighted by molar-refractivity contribution is 0.606. The second-order valence-corrected chi connectivity index (χ2v) is 7.28. The average molecular weight is 384 g/mol. The maximum atomic E-state index is 13.1. The van der Waals surface area contributed by atoms with Crippen LogP contribution in [0.4, 0.5) is 22.0 Å². The van der Waals surface area contributed by atoms with E-state index in [1.54, 1.807) is 17.7 Å². The van der Waals surface area contributed by atoms with Crippen LogP contribution >= 0.6 is 11.3 Å². The number of nitrogens with one attached hydrogen (secondary N) is 1. The Morgan fingerprint density at radius 3 is 2.63 bits per heavy atom. The number of rotatable bonds is 4. The lowest BCUT2D eigenvalue weighted by Gasteiger charge is -2.08. The molecule has 0 saturated carbocycles. The molecule has 10 heteroatoms. The van der Waals surface area contributed by atoms with Crippen molar-refractivity contribution in [2.45, 2.75) is 19.8 Å². The van der Waals surface area contributed by atoms with Gasteiger partial charge in [0, 0.05) is 18.1 Å². The summed E-state index contributed by atoms with van der Waals surface area (Å²) in [4.78, 5) is 22.3. The predicted octanol–water partition coefficient (Wildman–Crippen LogP) is 3.14. The quantitative estimate of drug-likeness (QED) is 0.556. The number of hydrogen-bond acceptors (Lipinski definition) is 8. The van der Waals surface area contributed by atoms with E-state index in [1.165, 1.54) is 12.4 Å². The fourth-order valence-corrected chi connectivity index (χ4v) is 4.12. The Hall–Kier alpha value is -3.14. The summed E-state index contributed by atoms with van der Waals surface area (Å²) in [5, 5.41) is 3.20. The molecular weight excluding hydrogens is 367 g/mol. The molecule has 4 rings (SSSR count). The Morgan fingerprint density at radius 2 is 1.96 bits per heavy atom. The number of nitrogen functional groups attached to an aromatic ring is 1. The van der Waals surface area contributed by atoms with Gasteiger partial charge in [-0.05, 0) is 12.5 Å². The van der Waals surface area contributed by atoms with Gasteiger partial charge in [-0.2, -0.15) is 4.98 Å². The van der Waals surface area contributed by atoms with Gasteiger partial charge in [-0.15, -0.1) is 11.3 Å². The molecule has 8 nitrogen and oxygen atoms in total. The lowest BCUT2D eigenvalue weighted by Crippen LogP contribution is -2.02. The third-order valence-electron chi connectivity index (χ3n) is 4.19. The van der Waals surface area contributed by atoms with Crippen LogP contribution in [0.1, 0.15) is 29.1 Å². The van der Waals surface area contributed by atoms with E-state index < -0.39 is 5.82 Å². The number of hydrogen-bond donors (Lipinski definition) is 2. The molecule has 27 heavy (non-hydrogen) atoms. The van der Waals surface area contributed by atoms with Crippen molar-refractivity contribution in [2.75, 3.05) is 11.1 Å². The van der Waals surface area contributed by atoms with Crippen molar-refractivity contribution >= 4 is 39.1 Å². The number of nitrogens with zero attached hydrogens (tertiary/aromatic N) is 6. The molecule has 0 aliphatic rings. The van der Waals surface area contributed by atoms with Crippen LogP contribution in [-0.4, -0.2) is 29.5 Å². The summed E-state index contributed by atoms with van der Waals surface area (Å²) in [6, 6.07) is 0. The summed E-state index contributed by atoms with van der Waals surface area (Å²) >= 11 is 1.54. The fourth-order valence-electron chi connectivity index (χ4n) is 2.88. The molecule has 4 aromatic rings. The van der Waals surface area contributed by atoms with E-state index in [9.17, 15) is 4.39 Å². The first kappa shape index (κ1) is 17.3. The Labute approximate surface area is 158 Å². The van der Waals surface area contributed by atoms with Gasteiger partial charge >= 0.3 is 0 Å². The van der Waals surface area contributed by atoms with Crippen LogP contribution in [0.25, 0.3) is 10.2 Å². The Balaban J connectivity index is 1.80. The van der Waals surface area contributed by atoms with Gasteiger partial charge in [-0.3, -0.25) is 0 Å². The van der Waals surface area contributed by atoms with Gasteiger partial charge in [-0.1, -0.05) is 6.92 Å². The smallest absolute Gasteiger partial charge is 0.222 e. The van der Waals surface area contributed by atoms with Gasteiger partial charge in [-0.25, -0.2) is 24.3 Å². The van der Waals surface area contributed by atoms with E-state index in [0.717, 1.165) is 20.7 Å². The Kier molecular flexibility index (Phi) is 4.19. The highest BCUT2D eigenvalue weighted by molar-refractivity contribution is 7.20. The Morgan fingerprint density at radius 1 is 1.22 bits per heavy atom. The molecule has 1 atom stereocenters. The monoisotopic (exact) mass is 384 g/mol. The first-order valence-corrected chi connectivity index (χ1v) is 9.03. The molecule has 0 spiro atoms. The molecular formula is C17H17FN8S. The first-order valence-electron chi connectivity index (χ1n) is 8.21. The van der Waals surface area contributed by atoms with E-state index in [1.807, 2.05) is 31.7 Å². The number of anilines is 3. The molecule has 0 bridgehead atoms. The number of imidazole rings is 1. The lowest BCUT2D eigenvalue weighted by atomic mass is 10.1. The van der Waals surface area contributed by atoms with Gasteiger partial charge in [0.1, 0.15) is 11.6 Å². The normalized spacial score (nSPS) is 12.4. The SMILES string of the molecule is Cc1c(C(C)c2ncc(F)cn2)sc2c(Nc3cn(C)cn3)nc(N)nc12. The molecule has 1 unspecified atom stereocenters. The van der Waals surface area contributed by atoms with E-state index in [2.05, 4.69) is 30.2 Å². The summed E-state index contributed by atoms with van der Waals surface area (Å²) in [5.74, 6) is 1.42. The zero-order valence-corrected chi connectivity index (χ0v) is 15.8. The maximum absolute atomic E-state index is 13.1. The van der Waals surface area contributed by atoms with Gasteiger partial charge in [0.05, 0.1) is 34.9 Å². The van der Waals surface area contributed by atoms with Crippen LogP contribution in [0, 0.1) is 12.7 Å². The van der Waals surface area contributed by atoms with Crippen LogP contribution in [0.15, 0.2) is 24.9 Å². The van der Waals surface area contributed by atoms with Gasteiger partial charge in [0.15, 0.2) is 11.6 Å². The van der Waals surface area contributed by atoms with Gasteiger partial charge in [0.2, 0.25) is 5.95 Å². The van der Waals surface area contributed by atoms with E-state index in [0.29, 0.717) is 17.5 Å². The maximum Gasteiger partial charge on any atom is 0.222 e. The second-order valence-electron chi connectivity index (χ2n) is 6.23. The third kappa shape index (κ3) is 3.19.